The predicted molar refractivity (Wildman–Crippen MR) is 73.1 cm³/mol. The summed E-state index contributed by atoms with van der Waals surface area (Å²) >= 11 is 0. The molecule has 2 unspecified atom stereocenters. The first-order valence-electron chi connectivity index (χ1n) is 6.82. The zero-order valence-corrected chi connectivity index (χ0v) is 11.5. The number of likely N-dealkylation sites (tertiary alicyclic amines) is 1. The van der Waals surface area contributed by atoms with Crippen molar-refractivity contribution in [3.8, 4) is 0 Å². The average Bonchev–Trinajstić information content (AvgIpc) is 2.76. The van der Waals surface area contributed by atoms with Gasteiger partial charge in [0.1, 0.15) is 5.82 Å². The Morgan fingerprint density at radius 2 is 1.89 bits per heavy atom. The summed E-state index contributed by atoms with van der Waals surface area (Å²) in [4.78, 5) is 2.47. The van der Waals surface area contributed by atoms with E-state index in [0.717, 1.165) is 13.1 Å². The van der Waals surface area contributed by atoms with Crippen LogP contribution in [-0.2, 0) is 0 Å². The van der Waals surface area contributed by atoms with Crippen LogP contribution in [0.2, 0.25) is 0 Å². The average molecular weight is 250 g/mol. The highest BCUT2D eigenvalue weighted by atomic mass is 19.1. The van der Waals surface area contributed by atoms with Crippen molar-refractivity contribution < 1.29 is 4.39 Å². The van der Waals surface area contributed by atoms with E-state index in [1.165, 1.54) is 12.0 Å². The van der Waals surface area contributed by atoms with E-state index in [1.54, 1.807) is 12.1 Å². The number of halogens is 1. The van der Waals surface area contributed by atoms with Gasteiger partial charge in [0.25, 0.3) is 0 Å². The van der Waals surface area contributed by atoms with Crippen LogP contribution in [-0.4, -0.2) is 30.1 Å². The fraction of sp³-hybridized carbons (Fsp3) is 0.600. The highest BCUT2D eigenvalue weighted by Crippen LogP contribution is 2.24. The van der Waals surface area contributed by atoms with Gasteiger partial charge in [-0.1, -0.05) is 26.0 Å². The molecule has 3 heteroatoms. The van der Waals surface area contributed by atoms with Crippen molar-refractivity contribution >= 4 is 0 Å². The number of rotatable bonds is 4. The van der Waals surface area contributed by atoms with Crippen molar-refractivity contribution in [2.24, 2.45) is 0 Å². The van der Waals surface area contributed by atoms with Crippen LogP contribution in [0, 0.1) is 5.82 Å². The monoisotopic (exact) mass is 250 g/mol. The van der Waals surface area contributed by atoms with Crippen molar-refractivity contribution in [1.82, 2.24) is 10.2 Å². The molecule has 2 atom stereocenters. The van der Waals surface area contributed by atoms with Crippen LogP contribution in [0.5, 0.6) is 0 Å². The summed E-state index contributed by atoms with van der Waals surface area (Å²) in [5.41, 5.74) is 1.20. The number of benzene rings is 1. The summed E-state index contributed by atoms with van der Waals surface area (Å²) in [6.07, 6.45) is 1.20. The molecular weight excluding hydrogens is 227 g/mol. The summed E-state index contributed by atoms with van der Waals surface area (Å²) in [7, 11) is 0. The van der Waals surface area contributed by atoms with Crippen LogP contribution in [0.25, 0.3) is 0 Å². The van der Waals surface area contributed by atoms with E-state index in [2.05, 4.69) is 31.0 Å². The van der Waals surface area contributed by atoms with Gasteiger partial charge in [-0.2, -0.15) is 0 Å². The Morgan fingerprint density at radius 3 is 2.50 bits per heavy atom. The van der Waals surface area contributed by atoms with E-state index < -0.39 is 0 Å². The Bertz CT molecular complexity index is 375. The van der Waals surface area contributed by atoms with E-state index >= 15 is 0 Å². The molecule has 1 aliphatic heterocycles. The summed E-state index contributed by atoms with van der Waals surface area (Å²) in [6.45, 7) is 8.77. The van der Waals surface area contributed by atoms with E-state index in [-0.39, 0.29) is 5.82 Å². The summed E-state index contributed by atoms with van der Waals surface area (Å²) in [5, 5.41) is 3.59. The molecule has 2 nitrogen and oxygen atoms in total. The zero-order valence-electron chi connectivity index (χ0n) is 11.5. The summed E-state index contributed by atoms with van der Waals surface area (Å²) < 4.78 is 12.9. The van der Waals surface area contributed by atoms with Gasteiger partial charge >= 0.3 is 0 Å². The Hall–Kier alpha value is -0.930. The second-order valence-electron chi connectivity index (χ2n) is 5.53. The molecule has 2 rings (SSSR count). The molecule has 100 valence electrons. The van der Waals surface area contributed by atoms with Crippen LogP contribution < -0.4 is 5.32 Å². The molecule has 0 amide bonds. The predicted octanol–water partition coefficient (Wildman–Crippen LogP) is 2.96. The topological polar surface area (TPSA) is 15.3 Å². The van der Waals surface area contributed by atoms with Gasteiger partial charge in [0.2, 0.25) is 0 Å². The number of nitrogens with zero attached hydrogens (tertiary/aromatic N) is 1. The first-order chi connectivity index (χ1) is 8.56. The van der Waals surface area contributed by atoms with Crippen molar-refractivity contribution in [1.29, 1.82) is 0 Å². The van der Waals surface area contributed by atoms with E-state index in [4.69, 9.17) is 0 Å². The molecule has 0 spiro atoms. The minimum Gasteiger partial charge on any atom is -0.310 e. The SMILES string of the molecule is CC(C)NC1CCN(C(C)c2ccc(F)cc2)C1. The fourth-order valence-electron chi connectivity index (χ4n) is 2.70. The Kier molecular flexibility index (Phi) is 4.36. The van der Waals surface area contributed by atoms with Crippen molar-refractivity contribution in [3.63, 3.8) is 0 Å². The molecule has 1 aromatic carbocycles. The maximum atomic E-state index is 12.9. The number of hydrogen-bond acceptors (Lipinski definition) is 2. The second-order valence-corrected chi connectivity index (χ2v) is 5.53. The van der Waals surface area contributed by atoms with Gasteiger partial charge < -0.3 is 5.32 Å². The van der Waals surface area contributed by atoms with Gasteiger partial charge in [0.15, 0.2) is 0 Å². The normalized spacial score (nSPS) is 22.6. The van der Waals surface area contributed by atoms with Crippen molar-refractivity contribution in [2.45, 2.75) is 45.3 Å². The minimum atomic E-state index is -0.160. The largest absolute Gasteiger partial charge is 0.310 e. The summed E-state index contributed by atoms with van der Waals surface area (Å²) in [6, 6.07) is 8.37. The lowest BCUT2D eigenvalue weighted by atomic mass is 10.1. The van der Waals surface area contributed by atoms with Gasteiger partial charge in [-0.25, -0.2) is 4.39 Å². The highest BCUT2D eigenvalue weighted by molar-refractivity contribution is 5.19. The molecule has 1 fully saturated rings. The lowest BCUT2D eigenvalue weighted by Crippen LogP contribution is -2.37. The molecule has 0 radical (unpaired) electrons. The third-order valence-electron chi connectivity index (χ3n) is 3.69. The Morgan fingerprint density at radius 1 is 1.22 bits per heavy atom. The van der Waals surface area contributed by atoms with Crippen LogP contribution >= 0.6 is 0 Å². The van der Waals surface area contributed by atoms with Gasteiger partial charge in [-0.05, 0) is 31.0 Å². The van der Waals surface area contributed by atoms with Gasteiger partial charge in [-0.3, -0.25) is 4.90 Å². The highest BCUT2D eigenvalue weighted by Gasteiger charge is 2.26. The van der Waals surface area contributed by atoms with Crippen molar-refractivity contribution in [2.75, 3.05) is 13.1 Å². The maximum Gasteiger partial charge on any atom is 0.123 e. The molecule has 0 saturated carbocycles. The fourth-order valence-corrected chi connectivity index (χ4v) is 2.70. The molecular formula is C15H23FN2. The van der Waals surface area contributed by atoms with Crippen LogP contribution in [0.3, 0.4) is 0 Å². The smallest absolute Gasteiger partial charge is 0.123 e. The molecule has 0 aliphatic carbocycles. The van der Waals surface area contributed by atoms with E-state index in [0.29, 0.717) is 18.1 Å². The third kappa shape index (κ3) is 3.30. The first-order valence-corrected chi connectivity index (χ1v) is 6.82. The molecule has 18 heavy (non-hydrogen) atoms. The van der Waals surface area contributed by atoms with Crippen molar-refractivity contribution in [3.05, 3.63) is 35.6 Å². The molecule has 1 N–H and O–H groups in total. The quantitative estimate of drug-likeness (QED) is 0.884. The standard InChI is InChI=1S/C15H23FN2/c1-11(2)17-15-8-9-18(10-15)12(3)13-4-6-14(16)7-5-13/h4-7,11-12,15,17H,8-10H2,1-3H3. The number of hydrogen-bond donors (Lipinski definition) is 1. The number of nitrogens with one attached hydrogen (secondary N) is 1. The van der Waals surface area contributed by atoms with E-state index in [9.17, 15) is 4.39 Å². The molecule has 1 heterocycles. The lowest BCUT2D eigenvalue weighted by molar-refractivity contribution is 0.254. The second kappa shape index (κ2) is 5.81. The molecule has 1 aromatic rings. The zero-order chi connectivity index (χ0) is 13.1. The molecule has 0 aromatic heterocycles. The third-order valence-corrected chi connectivity index (χ3v) is 3.69. The lowest BCUT2D eigenvalue weighted by Gasteiger charge is -2.25. The summed E-state index contributed by atoms with van der Waals surface area (Å²) in [5.74, 6) is -0.160. The van der Waals surface area contributed by atoms with Crippen LogP contribution in [0.15, 0.2) is 24.3 Å². The minimum absolute atomic E-state index is 0.160. The van der Waals surface area contributed by atoms with Gasteiger partial charge in [0, 0.05) is 31.2 Å². The molecule has 0 bridgehead atoms. The van der Waals surface area contributed by atoms with E-state index in [1.807, 2.05) is 12.1 Å². The molecule has 1 saturated heterocycles. The Balaban J connectivity index is 1.94. The van der Waals surface area contributed by atoms with Gasteiger partial charge in [-0.15, -0.1) is 0 Å². The first kappa shape index (κ1) is 13.5. The van der Waals surface area contributed by atoms with Crippen LogP contribution in [0.4, 0.5) is 4.39 Å². The van der Waals surface area contributed by atoms with Crippen LogP contribution in [0.1, 0.15) is 38.8 Å². The maximum absolute atomic E-state index is 12.9. The Labute approximate surface area is 109 Å². The molecule has 1 aliphatic rings. The van der Waals surface area contributed by atoms with Gasteiger partial charge in [0.05, 0.1) is 0 Å².